The molecule has 32 heavy (non-hydrogen) atoms. The van der Waals surface area contributed by atoms with Gasteiger partial charge in [-0.05, 0) is 31.1 Å². The highest BCUT2D eigenvalue weighted by Crippen LogP contribution is 2.34. The van der Waals surface area contributed by atoms with Crippen molar-refractivity contribution in [3.8, 4) is 0 Å². The molecule has 0 aliphatic carbocycles. The minimum atomic E-state index is -0.309. The molecule has 168 valence electrons. The summed E-state index contributed by atoms with van der Waals surface area (Å²) in [6.07, 6.45) is 4.40. The van der Waals surface area contributed by atoms with E-state index in [1.54, 1.807) is 31.5 Å². The predicted molar refractivity (Wildman–Crippen MR) is 127 cm³/mol. The number of rotatable bonds is 6. The number of primary amides is 1. The van der Waals surface area contributed by atoms with E-state index in [-0.39, 0.29) is 23.3 Å². The highest BCUT2D eigenvalue weighted by atomic mass is 32.2. The van der Waals surface area contributed by atoms with Crippen LogP contribution in [0.25, 0.3) is 11.7 Å². The number of ether oxygens (including phenoxy) is 1. The number of carbonyl (C=O) groups excluding carboxylic acids is 2. The van der Waals surface area contributed by atoms with E-state index < -0.39 is 0 Å². The number of nitrogens with zero attached hydrogens (tertiary/aromatic N) is 4. The molecule has 4 heterocycles. The number of nitrogens with two attached hydrogens (primary N) is 1. The first-order valence-corrected chi connectivity index (χ1v) is 11.4. The van der Waals surface area contributed by atoms with Crippen molar-refractivity contribution in [1.82, 2.24) is 14.3 Å². The summed E-state index contributed by atoms with van der Waals surface area (Å²) in [5.74, 6) is -0.260. The summed E-state index contributed by atoms with van der Waals surface area (Å²) in [5, 5.41) is 0. The van der Waals surface area contributed by atoms with Crippen molar-refractivity contribution in [3.63, 3.8) is 0 Å². The smallest absolute Gasteiger partial charge is 0.267 e. The second-order valence-electron chi connectivity index (χ2n) is 7.57. The van der Waals surface area contributed by atoms with Gasteiger partial charge in [-0.25, -0.2) is 4.98 Å². The Bertz CT molecular complexity index is 1170. The van der Waals surface area contributed by atoms with Crippen LogP contribution in [0.3, 0.4) is 0 Å². The SMILES string of the molecule is COCCN1C(=O)/C(=C/c2c(N3CCC(C(N)=O)CC3)nc3ccccn3c2=O)SC1=S. The third-order valence-electron chi connectivity index (χ3n) is 5.61. The van der Waals surface area contributed by atoms with Gasteiger partial charge >= 0.3 is 0 Å². The molecule has 0 unspecified atom stereocenters. The molecule has 2 saturated heterocycles. The summed E-state index contributed by atoms with van der Waals surface area (Å²) in [5.41, 5.74) is 6.02. The molecule has 2 aliphatic rings. The number of thioether (sulfide) groups is 1. The van der Waals surface area contributed by atoms with Crippen LogP contribution in [0.1, 0.15) is 18.4 Å². The average Bonchev–Trinajstić information content (AvgIpc) is 3.06. The lowest BCUT2D eigenvalue weighted by molar-refractivity contribution is -0.123. The average molecular weight is 474 g/mol. The Balaban J connectivity index is 1.76. The van der Waals surface area contributed by atoms with Gasteiger partial charge in [0.15, 0.2) is 0 Å². The van der Waals surface area contributed by atoms with Crippen LogP contribution in [0.2, 0.25) is 0 Å². The number of anilines is 1. The van der Waals surface area contributed by atoms with Gasteiger partial charge in [-0.2, -0.15) is 0 Å². The molecule has 11 heteroatoms. The van der Waals surface area contributed by atoms with Gasteiger partial charge in [0.05, 0.1) is 23.6 Å². The van der Waals surface area contributed by atoms with E-state index in [2.05, 4.69) is 0 Å². The lowest BCUT2D eigenvalue weighted by atomic mass is 9.96. The Kier molecular flexibility index (Phi) is 6.58. The Morgan fingerprint density at radius 3 is 2.78 bits per heavy atom. The number of pyridine rings is 1. The normalized spacial score (nSPS) is 18.8. The molecule has 4 rings (SSSR count). The van der Waals surface area contributed by atoms with Crippen LogP contribution < -0.4 is 16.2 Å². The molecule has 0 saturated carbocycles. The van der Waals surface area contributed by atoms with Gasteiger partial charge in [-0.1, -0.05) is 30.0 Å². The van der Waals surface area contributed by atoms with Crippen molar-refractivity contribution in [1.29, 1.82) is 0 Å². The summed E-state index contributed by atoms with van der Waals surface area (Å²) < 4.78 is 6.94. The molecule has 9 nitrogen and oxygen atoms in total. The fourth-order valence-corrected chi connectivity index (χ4v) is 5.13. The van der Waals surface area contributed by atoms with Gasteiger partial charge in [-0.3, -0.25) is 23.7 Å². The number of hydrogen-bond donors (Lipinski definition) is 1. The Morgan fingerprint density at radius 2 is 2.09 bits per heavy atom. The largest absolute Gasteiger partial charge is 0.383 e. The van der Waals surface area contributed by atoms with E-state index in [9.17, 15) is 14.4 Å². The maximum absolute atomic E-state index is 13.4. The van der Waals surface area contributed by atoms with Crippen LogP contribution in [0, 0.1) is 5.92 Å². The van der Waals surface area contributed by atoms with Gasteiger partial charge in [0, 0.05) is 32.3 Å². The van der Waals surface area contributed by atoms with E-state index in [0.29, 0.717) is 65.3 Å². The zero-order valence-electron chi connectivity index (χ0n) is 17.5. The topological polar surface area (TPSA) is 110 Å². The van der Waals surface area contributed by atoms with Gasteiger partial charge in [0.1, 0.15) is 15.8 Å². The van der Waals surface area contributed by atoms with Gasteiger partial charge in [-0.15, -0.1) is 0 Å². The minimum Gasteiger partial charge on any atom is -0.383 e. The molecule has 2 fully saturated rings. The number of hydrogen-bond acceptors (Lipinski definition) is 8. The maximum Gasteiger partial charge on any atom is 0.267 e. The van der Waals surface area contributed by atoms with Crippen LogP contribution in [-0.2, 0) is 14.3 Å². The lowest BCUT2D eigenvalue weighted by Gasteiger charge is -2.32. The number of aromatic nitrogens is 2. The Morgan fingerprint density at radius 1 is 1.34 bits per heavy atom. The molecular formula is C21H23N5O4S2. The maximum atomic E-state index is 13.4. The van der Waals surface area contributed by atoms with E-state index in [1.807, 2.05) is 11.0 Å². The zero-order chi connectivity index (χ0) is 22.8. The van der Waals surface area contributed by atoms with Crippen LogP contribution in [0.15, 0.2) is 34.1 Å². The molecule has 0 aromatic carbocycles. The van der Waals surface area contributed by atoms with Crippen molar-refractivity contribution in [3.05, 3.63) is 45.2 Å². The third kappa shape index (κ3) is 4.27. The molecule has 2 aromatic rings. The third-order valence-corrected chi connectivity index (χ3v) is 6.99. The predicted octanol–water partition coefficient (Wildman–Crippen LogP) is 1.24. The summed E-state index contributed by atoms with van der Waals surface area (Å²) in [7, 11) is 1.56. The number of thiocarbonyl (C=S) groups is 1. The fourth-order valence-electron chi connectivity index (χ4n) is 3.84. The number of piperidine rings is 1. The molecule has 0 radical (unpaired) electrons. The summed E-state index contributed by atoms with van der Waals surface area (Å²) in [4.78, 5) is 46.4. The van der Waals surface area contributed by atoms with E-state index in [1.165, 1.54) is 9.30 Å². The van der Waals surface area contributed by atoms with Crippen LogP contribution >= 0.6 is 24.0 Å². The summed E-state index contributed by atoms with van der Waals surface area (Å²) in [6, 6.07) is 5.32. The van der Waals surface area contributed by atoms with Crippen molar-refractivity contribution in [2.24, 2.45) is 11.7 Å². The molecule has 2 N–H and O–H groups in total. The second-order valence-corrected chi connectivity index (χ2v) is 9.25. The lowest BCUT2D eigenvalue weighted by Crippen LogP contribution is -2.40. The summed E-state index contributed by atoms with van der Waals surface area (Å²) >= 11 is 6.51. The highest BCUT2D eigenvalue weighted by molar-refractivity contribution is 8.26. The van der Waals surface area contributed by atoms with Crippen LogP contribution in [0.4, 0.5) is 5.82 Å². The first-order chi connectivity index (χ1) is 15.4. The van der Waals surface area contributed by atoms with Gasteiger partial charge in [0.25, 0.3) is 11.5 Å². The number of methoxy groups -OCH3 is 1. The van der Waals surface area contributed by atoms with Gasteiger partial charge < -0.3 is 15.4 Å². The Labute approximate surface area is 194 Å². The molecular weight excluding hydrogens is 450 g/mol. The molecule has 2 amide bonds. The van der Waals surface area contributed by atoms with Crippen LogP contribution in [0.5, 0.6) is 0 Å². The Hall–Kier alpha value is -2.76. The minimum absolute atomic E-state index is 0.187. The second kappa shape index (κ2) is 9.39. The van der Waals surface area contributed by atoms with Crippen LogP contribution in [-0.4, -0.2) is 63.8 Å². The number of fused-ring (bicyclic) bond motifs is 1. The molecule has 0 bridgehead atoms. The monoisotopic (exact) mass is 473 g/mol. The van der Waals surface area contributed by atoms with E-state index >= 15 is 0 Å². The van der Waals surface area contributed by atoms with Crippen molar-refractivity contribution < 1.29 is 14.3 Å². The standard InChI is InChI=1S/C21H23N5O4S2/c1-30-11-10-26-20(29)15(32-21(26)31)12-14-18(24-8-5-13(6-9-24)17(22)27)23-16-4-2-3-7-25(16)19(14)28/h2-4,7,12-13H,5-6,8-11H2,1H3,(H2,22,27)/b15-12-. The fraction of sp³-hybridized carbons (Fsp3) is 0.381. The van der Waals surface area contributed by atoms with Crippen molar-refractivity contribution in [2.45, 2.75) is 12.8 Å². The van der Waals surface area contributed by atoms with E-state index in [0.717, 1.165) is 11.8 Å². The molecule has 2 aliphatic heterocycles. The molecule has 0 spiro atoms. The molecule has 2 aromatic heterocycles. The number of amides is 2. The van der Waals surface area contributed by atoms with E-state index in [4.69, 9.17) is 27.7 Å². The van der Waals surface area contributed by atoms with Gasteiger partial charge in [0.2, 0.25) is 5.91 Å². The van der Waals surface area contributed by atoms with Crippen molar-refractivity contribution in [2.75, 3.05) is 38.3 Å². The quantitative estimate of drug-likeness (QED) is 0.493. The summed E-state index contributed by atoms with van der Waals surface area (Å²) in [6.45, 7) is 1.79. The first-order valence-electron chi connectivity index (χ1n) is 10.2. The highest BCUT2D eigenvalue weighted by Gasteiger charge is 2.33. The zero-order valence-corrected chi connectivity index (χ0v) is 19.2. The first kappa shape index (κ1) is 22.4. The molecule has 0 atom stereocenters. The number of carbonyl (C=O) groups is 2. The van der Waals surface area contributed by atoms with Crippen molar-refractivity contribution >= 4 is 57.7 Å².